The largest absolute Gasteiger partial charge is 0.399 e. The average Bonchev–Trinajstić information content (AvgIpc) is 2.22. The molecule has 1 rings (SSSR count). The van der Waals surface area contributed by atoms with Crippen molar-refractivity contribution in [3.63, 3.8) is 0 Å². The molecular formula is C11H17NO2S2. The van der Waals surface area contributed by atoms with Crippen LogP contribution >= 0.6 is 11.8 Å². The van der Waals surface area contributed by atoms with Gasteiger partial charge in [0.25, 0.3) is 0 Å². The predicted octanol–water partition coefficient (Wildman–Crippen LogP) is 2.10. The van der Waals surface area contributed by atoms with Crippen molar-refractivity contribution in [3.05, 3.63) is 23.8 Å². The van der Waals surface area contributed by atoms with Gasteiger partial charge in [0.2, 0.25) is 0 Å². The van der Waals surface area contributed by atoms with E-state index in [2.05, 4.69) is 0 Å². The van der Waals surface area contributed by atoms with Crippen LogP contribution in [0.1, 0.15) is 12.0 Å². The van der Waals surface area contributed by atoms with E-state index in [0.29, 0.717) is 17.0 Å². The number of hydrogen-bond donors (Lipinski definition) is 1. The Hall–Kier alpha value is -0.680. The molecule has 0 unspecified atom stereocenters. The van der Waals surface area contributed by atoms with Gasteiger partial charge in [0, 0.05) is 5.69 Å². The number of thioether (sulfide) groups is 1. The van der Waals surface area contributed by atoms with Crippen LogP contribution in [-0.2, 0) is 9.84 Å². The minimum Gasteiger partial charge on any atom is -0.399 e. The minimum atomic E-state index is -3.14. The van der Waals surface area contributed by atoms with Gasteiger partial charge in [-0.2, -0.15) is 11.8 Å². The second-order valence-corrected chi connectivity index (χ2v) is 6.78. The highest BCUT2D eigenvalue weighted by molar-refractivity contribution is 7.98. The molecule has 0 aliphatic carbocycles. The van der Waals surface area contributed by atoms with E-state index in [0.717, 1.165) is 11.3 Å². The molecule has 90 valence electrons. The monoisotopic (exact) mass is 259 g/mol. The van der Waals surface area contributed by atoms with Crippen LogP contribution in [0.25, 0.3) is 0 Å². The number of nitrogens with two attached hydrogens (primary N) is 1. The molecule has 0 atom stereocenters. The first kappa shape index (κ1) is 13.4. The molecule has 2 N–H and O–H groups in total. The Morgan fingerprint density at radius 3 is 2.62 bits per heavy atom. The minimum absolute atomic E-state index is 0.206. The van der Waals surface area contributed by atoms with E-state index >= 15 is 0 Å². The van der Waals surface area contributed by atoms with Gasteiger partial charge in [-0.25, -0.2) is 8.42 Å². The number of nitrogen functional groups attached to an aromatic ring is 1. The Balaban J connectivity index is 2.86. The first-order valence-electron chi connectivity index (χ1n) is 5.05. The average molecular weight is 259 g/mol. The van der Waals surface area contributed by atoms with Crippen LogP contribution in [0.15, 0.2) is 23.1 Å². The molecule has 0 saturated carbocycles. The van der Waals surface area contributed by atoms with Crippen LogP contribution in [0.5, 0.6) is 0 Å². The molecule has 1 aromatic carbocycles. The van der Waals surface area contributed by atoms with Gasteiger partial charge < -0.3 is 5.73 Å². The normalized spacial score (nSPS) is 11.6. The Morgan fingerprint density at radius 1 is 1.38 bits per heavy atom. The maximum atomic E-state index is 11.9. The molecule has 0 aromatic heterocycles. The van der Waals surface area contributed by atoms with Gasteiger partial charge in [-0.05, 0) is 49.1 Å². The molecule has 0 heterocycles. The molecule has 0 bridgehead atoms. The predicted molar refractivity (Wildman–Crippen MR) is 70.6 cm³/mol. The highest BCUT2D eigenvalue weighted by Gasteiger charge is 2.14. The number of aryl methyl sites for hydroxylation is 1. The highest BCUT2D eigenvalue weighted by atomic mass is 32.2. The molecule has 0 amide bonds. The number of anilines is 1. The second kappa shape index (κ2) is 5.59. The first-order chi connectivity index (χ1) is 7.47. The Morgan fingerprint density at radius 2 is 2.06 bits per heavy atom. The van der Waals surface area contributed by atoms with Crippen LogP contribution in [0.2, 0.25) is 0 Å². The van der Waals surface area contributed by atoms with E-state index in [-0.39, 0.29) is 5.75 Å². The summed E-state index contributed by atoms with van der Waals surface area (Å²) in [5.74, 6) is 1.07. The van der Waals surface area contributed by atoms with E-state index in [1.165, 1.54) is 0 Å². The third-order valence-electron chi connectivity index (χ3n) is 2.36. The quantitative estimate of drug-likeness (QED) is 0.650. The maximum Gasteiger partial charge on any atom is 0.178 e. The third-order valence-corrected chi connectivity index (χ3v) is 4.86. The molecule has 0 aliphatic rings. The van der Waals surface area contributed by atoms with Crippen LogP contribution < -0.4 is 5.73 Å². The van der Waals surface area contributed by atoms with Crippen molar-refractivity contribution in [2.24, 2.45) is 0 Å². The van der Waals surface area contributed by atoms with E-state index < -0.39 is 9.84 Å². The number of hydrogen-bond acceptors (Lipinski definition) is 4. The molecule has 0 radical (unpaired) electrons. The lowest BCUT2D eigenvalue weighted by atomic mass is 10.2. The van der Waals surface area contributed by atoms with Crippen LogP contribution in [-0.4, -0.2) is 26.2 Å². The summed E-state index contributed by atoms with van der Waals surface area (Å²) in [6.45, 7) is 1.82. The Bertz CT molecular complexity index is 455. The van der Waals surface area contributed by atoms with E-state index in [1.54, 1.807) is 30.0 Å². The van der Waals surface area contributed by atoms with Gasteiger partial charge in [-0.1, -0.05) is 0 Å². The van der Waals surface area contributed by atoms with Crippen molar-refractivity contribution in [1.82, 2.24) is 0 Å². The zero-order valence-corrected chi connectivity index (χ0v) is 11.2. The van der Waals surface area contributed by atoms with Crippen molar-refractivity contribution in [1.29, 1.82) is 0 Å². The lowest BCUT2D eigenvalue weighted by Gasteiger charge is -2.06. The van der Waals surface area contributed by atoms with Crippen LogP contribution in [0, 0.1) is 6.92 Å². The van der Waals surface area contributed by atoms with Gasteiger partial charge >= 0.3 is 0 Å². The summed E-state index contributed by atoms with van der Waals surface area (Å²) in [6.07, 6.45) is 2.66. The van der Waals surface area contributed by atoms with Crippen LogP contribution in [0.4, 0.5) is 5.69 Å². The first-order valence-corrected chi connectivity index (χ1v) is 8.10. The fourth-order valence-corrected chi connectivity index (χ4v) is 3.36. The van der Waals surface area contributed by atoms with E-state index in [4.69, 9.17) is 5.73 Å². The summed E-state index contributed by atoms with van der Waals surface area (Å²) in [5, 5.41) is 0. The van der Waals surface area contributed by atoms with E-state index in [1.807, 2.05) is 13.2 Å². The molecule has 16 heavy (non-hydrogen) atoms. The Labute approximate surface area is 101 Å². The van der Waals surface area contributed by atoms with Gasteiger partial charge in [0.05, 0.1) is 10.6 Å². The highest BCUT2D eigenvalue weighted by Crippen LogP contribution is 2.18. The topological polar surface area (TPSA) is 60.2 Å². The molecule has 0 spiro atoms. The van der Waals surface area contributed by atoms with Gasteiger partial charge in [-0.3, -0.25) is 0 Å². The lowest BCUT2D eigenvalue weighted by Crippen LogP contribution is -2.08. The summed E-state index contributed by atoms with van der Waals surface area (Å²) in [5.41, 5.74) is 7.09. The Kier molecular flexibility index (Phi) is 4.68. The molecule has 0 fully saturated rings. The molecule has 0 aliphatic heterocycles. The van der Waals surface area contributed by atoms with Crippen molar-refractivity contribution in [2.75, 3.05) is 23.5 Å². The SMILES string of the molecule is CSCCCS(=O)(=O)c1ccc(N)c(C)c1. The molecule has 3 nitrogen and oxygen atoms in total. The van der Waals surface area contributed by atoms with Crippen LogP contribution in [0.3, 0.4) is 0 Å². The summed E-state index contributed by atoms with van der Waals surface area (Å²) in [7, 11) is -3.14. The van der Waals surface area contributed by atoms with Gasteiger partial charge in [-0.15, -0.1) is 0 Å². The van der Waals surface area contributed by atoms with Crippen molar-refractivity contribution >= 4 is 27.3 Å². The van der Waals surface area contributed by atoms with Crippen molar-refractivity contribution in [3.8, 4) is 0 Å². The fraction of sp³-hybridized carbons (Fsp3) is 0.455. The summed E-state index contributed by atoms with van der Waals surface area (Å²) >= 11 is 1.66. The number of sulfone groups is 1. The zero-order chi connectivity index (χ0) is 12.2. The molecule has 1 aromatic rings. The smallest absolute Gasteiger partial charge is 0.178 e. The third kappa shape index (κ3) is 3.42. The molecular weight excluding hydrogens is 242 g/mol. The second-order valence-electron chi connectivity index (χ2n) is 3.68. The summed E-state index contributed by atoms with van der Waals surface area (Å²) in [6, 6.07) is 4.87. The lowest BCUT2D eigenvalue weighted by molar-refractivity contribution is 0.595. The van der Waals surface area contributed by atoms with E-state index in [9.17, 15) is 8.42 Å². The maximum absolute atomic E-state index is 11.9. The standard InChI is InChI=1S/C11H17NO2S2/c1-9-8-10(4-5-11(9)12)16(13,14)7-3-6-15-2/h4-5,8H,3,6-7,12H2,1-2H3. The zero-order valence-electron chi connectivity index (χ0n) is 9.56. The van der Waals surface area contributed by atoms with Gasteiger partial charge in [0.15, 0.2) is 9.84 Å². The summed E-state index contributed by atoms with van der Waals surface area (Å²) in [4.78, 5) is 0.375. The number of rotatable bonds is 5. The van der Waals surface area contributed by atoms with Crippen molar-refractivity contribution in [2.45, 2.75) is 18.2 Å². The fourth-order valence-electron chi connectivity index (χ4n) is 1.35. The van der Waals surface area contributed by atoms with Gasteiger partial charge in [0.1, 0.15) is 0 Å². The number of benzene rings is 1. The molecule has 0 saturated heterocycles. The summed E-state index contributed by atoms with van der Waals surface area (Å²) < 4.78 is 23.8. The van der Waals surface area contributed by atoms with Crippen molar-refractivity contribution < 1.29 is 8.42 Å². The molecule has 5 heteroatoms.